The van der Waals surface area contributed by atoms with Crippen LogP contribution in [-0.4, -0.2) is 51.8 Å². The zero-order chi connectivity index (χ0) is 14.3. The first-order valence-corrected chi connectivity index (χ1v) is 6.21. The lowest BCUT2D eigenvalue weighted by Crippen LogP contribution is -2.20. The molecule has 0 aromatic heterocycles. The summed E-state index contributed by atoms with van der Waals surface area (Å²) in [6, 6.07) is 5.16. The molecule has 0 atom stereocenters. The monoisotopic (exact) mass is 267 g/mol. The van der Waals surface area contributed by atoms with E-state index in [1.54, 1.807) is 25.3 Å². The van der Waals surface area contributed by atoms with Gasteiger partial charge in [0.15, 0.2) is 11.5 Å². The molecule has 0 amide bonds. The van der Waals surface area contributed by atoms with Crippen molar-refractivity contribution in [2.75, 3.05) is 41.0 Å². The summed E-state index contributed by atoms with van der Waals surface area (Å²) in [6.07, 6.45) is 0. The van der Waals surface area contributed by atoms with Crippen LogP contribution in [0.15, 0.2) is 18.2 Å². The number of rotatable bonds is 7. The number of hydrogen-bond acceptors (Lipinski definition) is 5. The highest BCUT2D eigenvalue weighted by atomic mass is 16.5. The molecule has 0 N–H and O–H groups in total. The summed E-state index contributed by atoms with van der Waals surface area (Å²) < 4.78 is 15.9. The number of nitrogens with zero attached hydrogens (tertiary/aromatic N) is 1. The molecule has 106 valence electrons. The standard InChI is InChI=1S/C14H21NO4/c1-5-18-13-11(7-6-8-12(13)17-4)14(16)19-10-9-15(2)3/h6-8H,5,9-10H2,1-4H3. The lowest BCUT2D eigenvalue weighted by Gasteiger charge is -2.14. The molecule has 0 radical (unpaired) electrons. The van der Waals surface area contributed by atoms with Gasteiger partial charge in [0.2, 0.25) is 0 Å². The predicted octanol–water partition coefficient (Wildman–Crippen LogP) is 1.81. The average molecular weight is 267 g/mol. The third kappa shape index (κ3) is 4.44. The molecule has 1 rings (SSSR count). The fraction of sp³-hybridized carbons (Fsp3) is 0.500. The molecule has 0 saturated heterocycles. The maximum Gasteiger partial charge on any atom is 0.342 e. The van der Waals surface area contributed by atoms with Gasteiger partial charge < -0.3 is 19.1 Å². The quantitative estimate of drug-likeness (QED) is 0.705. The lowest BCUT2D eigenvalue weighted by atomic mass is 10.2. The minimum absolute atomic E-state index is 0.342. The third-order valence-corrected chi connectivity index (χ3v) is 2.48. The van der Waals surface area contributed by atoms with Crippen LogP contribution in [0.3, 0.4) is 0 Å². The van der Waals surface area contributed by atoms with Crippen LogP contribution >= 0.6 is 0 Å². The van der Waals surface area contributed by atoms with Crippen molar-refractivity contribution in [2.24, 2.45) is 0 Å². The van der Waals surface area contributed by atoms with E-state index in [0.29, 0.717) is 36.8 Å². The smallest absolute Gasteiger partial charge is 0.342 e. The summed E-state index contributed by atoms with van der Waals surface area (Å²) in [4.78, 5) is 14.0. The molecule has 0 saturated carbocycles. The van der Waals surface area contributed by atoms with Crippen LogP contribution in [0.5, 0.6) is 11.5 Å². The molecule has 0 aliphatic rings. The molecule has 0 bridgehead atoms. The topological polar surface area (TPSA) is 48.0 Å². The van der Waals surface area contributed by atoms with Gasteiger partial charge in [0, 0.05) is 6.54 Å². The first kappa shape index (κ1) is 15.3. The second-order valence-electron chi connectivity index (χ2n) is 4.21. The van der Waals surface area contributed by atoms with Crippen molar-refractivity contribution in [3.05, 3.63) is 23.8 Å². The molecule has 0 aliphatic heterocycles. The van der Waals surface area contributed by atoms with Crippen molar-refractivity contribution in [2.45, 2.75) is 6.92 Å². The first-order valence-electron chi connectivity index (χ1n) is 6.21. The highest BCUT2D eigenvalue weighted by molar-refractivity contribution is 5.93. The zero-order valence-electron chi connectivity index (χ0n) is 11.9. The Morgan fingerprint density at radius 2 is 2.05 bits per heavy atom. The maximum absolute atomic E-state index is 12.0. The number of para-hydroxylation sites is 1. The zero-order valence-corrected chi connectivity index (χ0v) is 11.9. The molecular formula is C14H21NO4. The van der Waals surface area contributed by atoms with Crippen molar-refractivity contribution in [1.29, 1.82) is 0 Å². The summed E-state index contributed by atoms with van der Waals surface area (Å²) >= 11 is 0. The Bertz CT molecular complexity index is 418. The van der Waals surface area contributed by atoms with Crippen molar-refractivity contribution in [3.63, 3.8) is 0 Å². The van der Waals surface area contributed by atoms with E-state index in [2.05, 4.69) is 0 Å². The summed E-state index contributed by atoms with van der Waals surface area (Å²) in [6.45, 7) is 3.33. The van der Waals surface area contributed by atoms with Gasteiger partial charge in [0.1, 0.15) is 12.2 Å². The van der Waals surface area contributed by atoms with Gasteiger partial charge in [-0.05, 0) is 33.2 Å². The van der Waals surface area contributed by atoms with Crippen LogP contribution in [0.4, 0.5) is 0 Å². The van der Waals surface area contributed by atoms with E-state index in [9.17, 15) is 4.79 Å². The van der Waals surface area contributed by atoms with E-state index in [0.717, 1.165) is 0 Å². The van der Waals surface area contributed by atoms with Gasteiger partial charge in [0.25, 0.3) is 0 Å². The Hall–Kier alpha value is -1.75. The minimum atomic E-state index is -0.399. The van der Waals surface area contributed by atoms with Crippen LogP contribution < -0.4 is 9.47 Å². The molecule has 1 aromatic carbocycles. The molecule has 0 aliphatic carbocycles. The Morgan fingerprint density at radius 1 is 1.32 bits per heavy atom. The van der Waals surface area contributed by atoms with Crippen LogP contribution in [0.1, 0.15) is 17.3 Å². The fourth-order valence-electron chi connectivity index (χ4n) is 1.53. The Morgan fingerprint density at radius 3 is 2.63 bits per heavy atom. The molecule has 0 unspecified atom stereocenters. The van der Waals surface area contributed by atoms with Gasteiger partial charge >= 0.3 is 5.97 Å². The number of benzene rings is 1. The fourth-order valence-corrected chi connectivity index (χ4v) is 1.53. The maximum atomic E-state index is 12.0. The van der Waals surface area contributed by atoms with Gasteiger partial charge in [-0.1, -0.05) is 6.07 Å². The van der Waals surface area contributed by atoms with E-state index in [1.807, 2.05) is 25.9 Å². The average Bonchev–Trinajstić information content (AvgIpc) is 2.38. The first-order chi connectivity index (χ1) is 9.10. The highest BCUT2D eigenvalue weighted by Crippen LogP contribution is 2.31. The second-order valence-corrected chi connectivity index (χ2v) is 4.21. The van der Waals surface area contributed by atoms with Crippen molar-refractivity contribution in [3.8, 4) is 11.5 Å². The molecule has 1 aromatic rings. The minimum Gasteiger partial charge on any atom is -0.493 e. The largest absolute Gasteiger partial charge is 0.493 e. The van der Waals surface area contributed by atoms with E-state index in [1.165, 1.54) is 0 Å². The third-order valence-electron chi connectivity index (χ3n) is 2.48. The number of methoxy groups -OCH3 is 1. The molecular weight excluding hydrogens is 246 g/mol. The molecule has 19 heavy (non-hydrogen) atoms. The summed E-state index contributed by atoms with van der Waals surface area (Å²) in [5, 5.41) is 0. The summed E-state index contributed by atoms with van der Waals surface area (Å²) in [7, 11) is 5.38. The normalized spacial score (nSPS) is 10.4. The van der Waals surface area contributed by atoms with E-state index < -0.39 is 5.97 Å². The van der Waals surface area contributed by atoms with E-state index in [4.69, 9.17) is 14.2 Å². The molecule has 0 spiro atoms. The summed E-state index contributed by atoms with van der Waals surface area (Å²) in [5.41, 5.74) is 0.389. The van der Waals surface area contributed by atoms with Crippen molar-refractivity contribution < 1.29 is 19.0 Å². The Balaban J connectivity index is 2.83. The summed E-state index contributed by atoms with van der Waals surface area (Å²) in [5.74, 6) is 0.565. The number of carbonyl (C=O) groups is 1. The van der Waals surface area contributed by atoms with Gasteiger partial charge in [-0.3, -0.25) is 0 Å². The molecule has 0 fully saturated rings. The van der Waals surface area contributed by atoms with E-state index >= 15 is 0 Å². The highest BCUT2D eigenvalue weighted by Gasteiger charge is 2.17. The van der Waals surface area contributed by atoms with Gasteiger partial charge in [-0.15, -0.1) is 0 Å². The number of esters is 1. The second kappa shape index (κ2) is 7.63. The van der Waals surface area contributed by atoms with E-state index in [-0.39, 0.29) is 0 Å². The molecule has 5 heteroatoms. The van der Waals surface area contributed by atoms with Gasteiger partial charge in [-0.25, -0.2) is 4.79 Å². The van der Waals surface area contributed by atoms with Crippen molar-refractivity contribution >= 4 is 5.97 Å². The predicted molar refractivity (Wildman–Crippen MR) is 73.0 cm³/mol. The number of carbonyl (C=O) groups excluding carboxylic acids is 1. The lowest BCUT2D eigenvalue weighted by molar-refractivity contribution is 0.0477. The Labute approximate surface area is 114 Å². The molecule has 5 nitrogen and oxygen atoms in total. The van der Waals surface area contributed by atoms with Gasteiger partial charge in [0.05, 0.1) is 13.7 Å². The molecule has 0 heterocycles. The van der Waals surface area contributed by atoms with Crippen LogP contribution in [0, 0.1) is 0 Å². The Kier molecular flexibility index (Phi) is 6.15. The number of ether oxygens (including phenoxy) is 3. The van der Waals surface area contributed by atoms with Crippen LogP contribution in [-0.2, 0) is 4.74 Å². The van der Waals surface area contributed by atoms with Crippen LogP contribution in [0.25, 0.3) is 0 Å². The van der Waals surface area contributed by atoms with Crippen LogP contribution in [0.2, 0.25) is 0 Å². The van der Waals surface area contributed by atoms with Gasteiger partial charge in [-0.2, -0.15) is 0 Å². The SMILES string of the molecule is CCOc1c(OC)cccc1C(=O)OCCN(C)C. The number of hydrogen-bond donors (Lipinski definition) is 0. The van der Waals surface area contributed by atoms with Crippen molar-refractivity contribution in [1.82, 2.24) is 4.90 Å². The number of likely N-dealkylation sites (N-methyl/N-ethyl adjacent to an activating group) is 1.